The molecule has 3 aromatic rings. The molecule has 0 saturated heterocycles. The number of fused-ring (bicyclic) bond motifs is 1. The number of anilines is 1. The molecule has 0 aromatic heterocycles. The maximum absolute atomic E-state index is 6.14. The Bertz CT molecular complexity index is 780. The van der Waals surface area contributed by atoms with Gasteiger partial charge in [0.1, 0.15) is 5.75 Å². The Morgan fingerprint density at radius 3 is 2.64 bits per heavy atom. The summed E-state index contributed by atoms with van der Waals surface area (Å²) in [7, 11) is 1.62. The molecule has 0 amide bonds. The fraction of sp³-hybridized carbons (Fsp3) is 0.158. The summed E-state index contributed by atoms with van der Waals surface area (Å²) < 4.78 is 5.16. The van der Waals surface area contributed by atoms with E-state index in [4.69, 9.17) is 16.3 Å². The van der Waals surface area contributed by atoms with Crippen LogP contribution in [0.15, 0.2) is 60.7 Å². The lowest BCUT2D eigenvalue weighted by Crippen LogP contribution is -2.05. The van der Waals surface area contributed by atoms with Crippen molar-refractivity contribution in [1.82, 2.24) is 0 Å². The first-order valence-corrected chi connectivity index (χ1v) is 7.70. The molecule has 0 atom stereocenters. The van der Waals surface area contributed by atoms with Crippen molar-refractivity contribution < 1.29 is 4.74 Å². The van der Waals surface area contributed by atoms with E-state index in [2.05, 4.69) is 47.8 Å². The minimum Gasteiger partial charge on any atom is -0.495 e. The van der Waals surface area contributed by atoms with E-state index in [-0.39, 0.29) is 0 Å². The molecule has 0 aliphatic heterocycles. The van der Waals surface area contributed by atoms with Crippen molar-refractivity contribution in [1.29, 1.82) is 0 Å². The van der Waals surface area contributed by atoms with Gasteiger partial charge in [0.05, 0.1) is 12.1 Å². The zero-order valence-electron chi connectivity index (χ0n) is 12.5. The SMILES string of the molecule is COc1ccc(NCCc2cccc3ccccc23)cc1Cl. The molecule has 3 rings (SSSR count). The van der Waals surface area contributed by atoms with Crippen LogP contribution >= 0.6 is 11.6 Å². The largest absolute Gasteiger partial charge is 0.495 e. The molecular formula is C19H18ClNO. The summed E-state index contributed by atoms with van der Waals surface area (Å²) in [6.07, 6.45) is 0.963. The van der Waals surface area contributed by atoms with Gasteiger partial charge in [0.2, 0.25) is 0 Å². The van der Waals surface area contributed by atoms with E-state index in [0.29, 0.717) is 10.8 Å². The van der Waals surface area contributed by atoms with E-state index in [0.717, 1.165) is 18.7 Å². The highest BCUT2D eigenvalue weighted by atomic mass is 35.5. The second-order valence-electron chi connectivity index (χ2n) is 5.16. The number of ether oxygens (including phenoxy) is 1. The summed E-state index contributed by atoms with van der Waals surface area (Å²) in [5.74, 6) is 0.696. The third kappa shape index (κ3) is 3.18. The summed E-state index contributed by atoms with van der Waals surface area (Å²) >= 11 is 6.14. The predicted octanol–water partition coefficient (Wildman–Crippen LogP) is 5.16. The molecule has 22 heavy (non-hydrogen) atoms. The minimum atomic E-state index is 0.623. The molecule has 1 N–H and O–H groups in total. The normalized spacial score (nSPS) is 10.6. The van der Waals surface area contributed by atoms with Crippen LogP contribution in [-0.2, 0) is 6.42 Å². The maximum atomic E-state index is 6.14. The van der Waals surface area contributed by atoms with E-state index in [1.165, 1.54) is 16.3 Å². The highest BCUT2D eigenvalue weighted by molar-refractivity contribution is 6.32. The van der Waals surface area contributed by atoms with Crippen molar-refractivity contribution in [2.24, 2.45) is 0 Å². The minimum absolute atomic E-state index is 0.623. The van der Waals surface area contributed by atoms with Crippen molar-refractivity contribution in [2.45, 2.75) is 6.42 Å². The molecule has 0 fully saturated rings. The van der Waals surface area contributed by atoms with Crippen molar-refractivity contribution in [3.05, 3.63) is 71.2 Å². The van der Waals surface area contributed by atoms with Crippen LogP contribution in [0.3, 0.4) is 0 Å². The fourth-order valence-electron chi connectivity index (χ4n) is 2.63. The number of hydrogen-bond acceptors (Lipinski definition) is 2. The molecule has 0 aliphatic carbocycles. The second kappa shape index (κ2) is 6.71. The smallest absolute Gasteiger partial charge is 0.137 e. The van der Waals surface area contributed by atoms with E-state index in [1.54, 1.807) is 7.11 Å². The topological polar surface area (TPSA) is 21.3 Å². The van der Waals surface area contributed by atoms with Crippen molar-refractivity contribution in [2.75, 3.05) is 19.0 Å². The van der Waals surface area contributed by atoms with Crippen LogP contribution in [-0.4, -0.2) is 13.7 Å². The van der Waals surface area contributed by atoms with Gasteiger partial charge in [0, 0.05) is 12.2 Å². The molecule has 0 aliphatic rings. The number of benzene rings is 3. The summed E-state index contributed by atoms with van der Waals surface area (Å²) in [6, 6.07) is 20.7. The lowest BCUT2D eigenvalue weighted by Gasteiger charge is -2.10. The Labute approximate surface area is 135 Å². The van der Waals surface area contributed by atoms with Crippen LogP contribution < -0.4 is 10.1 Å². The van der Waals surface area contributed by atoms with Gasteiger partial charge in [-0.1, -0.05) is 54.1 Å². The van der Waals surface area contributed by atoms with E-state index in [9.17, 15) is 0 Å². The molecule has 0 bridgehead atoms. The summed E-state index contributed by atoms with van der Waals surface area (Å²) in [6.45, 7) is 0.858. The summed E-state index contributed by atoms with van der Waals surface area (Å²) in [5, 5.41) is 6.64. The number of methoxy groups -OCH3 is 1. The second-order valence-corrected chi connectivity index (χ2v) is 5.57. The average molecular weight is 312 g/mol. The first-order valence-electron chi connectivity index (χ1n) is 7.32. The molecule has 0 heterocycles. The third-order valence-corrected chi connectivity index (χ3v) is 4.05. The van der Waals surface area contributed by atoms with Crippen LogP contribution in [0.1, 0.15) is 5.56 Å². The monoisotopic (exact) mass is 311 g/mol. The van der Waals surface area contributed by atoms with Gasteiger partial charge in [-0.05, 0) is 41.0 Å². The lowest BCUT2D eigenvalue weighted by molar-refractivity contribution is 0.415. The molecule has 0 unspecified atom stereocenters. The first kappa shape index (κ1) is 14.7. The Hall–Kier alpha value is -2.19. The fourth-order valence-corrected chi connectivity index (χ4v) is 2.89. The van der Waals surface area contributed by atoms with Gasteiger partial charge >= 0.3 is 0 Å². The molecule has 0 spiro atoms. The first-order chi connectivity index (χ1) is 10.8. The van der Waals surface area contributed by atoms with Crippen LogP contribution in [0.5, 0.6) is 5.75 Å². The molecule has 0 saturated carbocycles. The Kier molecular flexibility index (Phi) is 4.50. The maximum Gasteiger partial charge on any atom is 0.137 e. The zero-order chi connectivity index (χ0) is 15.4. The van der Waals surface area contributed by atoms with Crippen LogP contribution in [0.25, 0.3) is 10.8 Å². The highest BCUT2D eigenvalue weighted by Gasteiger charge is 2.03. The van der Waals surface area contributed by atoms with Crippen LogP contribution in [0.4, 0.5) is 5.69 Å². The Morgan fingerprint density at radius 2 is 1.82 bits per heavy atom. The van der Waals surface area contributed by atoms with Gasteiger partial charge in [-0.25, -0.2) is 0 Å². The van der Waals surface area contributed by atoms with Gasteiger partial charge in [0.15, 0.2) is 0 Å². The van der Waals surface area contributed by atoms with E-state index < -0.39 is 0 Å². The van der Waals surface area contributed by atoms with E-state index in [1.807, 2.05) is 18.2 Å². The van der Waals surface area contributed by atoms with Crippen molar-refractivity contribution in [3.63, 3.8) is 0 Å². The van der Waals surface area contributed by atoms with Crippen molar-refractivity contribution in [3.8, 4) is 5.75 Å². The lowest BCUT2D eigenvalue weighted by atomic mass is 10.0. The van der Waals surface area contributed by atoms with Gasteiger partial charge < -0.3 is 10.1 Å². The number of rotatable bonds is 5. The van der Waals surface area contributed by atoms with Gasteiger partial charge in [-0.3, -0.25) is 0 Å². The molecule has 112 valence electrons. The average Bonchev–Trinajstić information content (AvgIpc) is 2.55. The van der Waals surface area contributed by atoms with Crippen molar-refractivity contribution >= 4 is 28.1 Å². The Morgan fingerprint density at radius 1 is 1.00 bits per heavy atom. The number of halogens is 1. The van der Waals surface area contributed by atoms with Gasteiger partial charge in [-0.15, -0.1) is 0 Å². The molecule has 0 radical (unpaired) electrons. The summed E-state index contributed by atoms with van der Waals surface area (Å²) in [4.78, 5) is 0. The molecule has 2 nitrogen and oxygen atoms in total. The molecule has 3 aromatic carbocycles. The van der Waals surface area contributed by atoms with E-state index >= 15 is 0 Å². The standard InChI is InChI=1S/C19H18ClNO/c1-22-19-10-9-16(13-18(19)20)21-12-11-15-7-4-6-14-5-2-3-8-17(14)15/h2-10,13,21H,11-12H2,1H3. The quantitative estimate of drug-likeness (QED) is 0.703. The summed E-state index contributed by atoms with van der Waals surface area (Å²) in [5.41, 5.74) is 2.36. The van der Waals surface area contributed by atoms with Crippen LogP contribution in [0, 0.1) is 0 Å². The third-order valence-electron chi connectivity index (χ3n) is 3.76. The highest BCUT2D eigenvalue weighted by Crippen LogP contribution is 2.27. The number of nitrogens with one attached hydrogen (secondary N) is 1. The predicted molar refractivity (Wildman–Crippen MR) is 94.1 cm³/mol. The van der Waals surface area contributed by atoms with Gasteiger partial charge in [0.25, 0.3) is 0 Å². The number of hydrogen-bond donors (Lipinski definition) is 1. The molecular weight excluding hydrogens is 294 g/mol. The zero-order valence-corrected chi connectivity index (χ0v) is 13.2. The molecule has 3 heteroatoms. The van der Waals surface area contributed by atoms with Crippen LogP contribution in [0.2, 0.25) is 5.02 Å². The van der Waals surface area contributed by atoms with Gasteiger partial charge in [-0.2, -0.15) is 0 Å². The Balaban J connectivity index is 1.69.